The molecule has 1 heterocycles. The fraction of sp³-hybridized carbons (Fsp3) is 0.0476. The first-order chi connectivity index (χ1) is 12.2. The zero-order valence-corrected chi connectivity index (χ0v) is 13.4. The lowest BCUT2D eigenvalue weighted by molar-refractivity contribution is -0.133. The van der Waals surface area contributed by atoms with Crippen molar-refractivity contribution in [3.8, 4) is 5.75 Å². The van der Waals surface area contributed by atoms with E-state index in [2.05, 4.69) is 4.98 Å². The maximum Gasteiger partial charge on any atom is 0.315 e. The second-order valence-electron chi connectivity index (χ2n) is 5.43. The van der Waals surface area contributed by atoms with Crippen molar-refractivity contribution in [2.24, 2.45) is 0 Å². The molecule has 3 rings (SSSR count). The molecule has 0 aliphatic heterocycles. The van der Waals surface area contributed by atoms with Gasteiger partial charge in [-0.1, -0.05) is 36.4 Å². The van der Waals surface area contributed by atoms with E-state index in [1.807, 2.05) is 42.5 Å². The molecule has 0 bridgehead atoms. The fourth-order valence-corrected chi connectivity index (χ4v) is 2.24. The highest BCUT2D eigenvalue weighted by Gasteiger charge is 2.06. The fourth-order valence-electron chi connectivity index (χ4n) is 2.24. The molecule has 0 saturated heterocycles. The molecule has 0 radical (unpaired) electrons. The van der Waals surface area contributed by atoms with E-state index in [0.29, 0.717) is 11.3 Å². The normalized spacial score (nSPS) is 10.8. The average molecular weight is 333 g/mol. The number of rotatable bonds is 5. The number of ether oxygens (including phenoxy) is 1. The maximum atomic E-state index is 12.9. The Kier molecular flexibility index (Phi) is 5.32. The predicted molar refractivity (Wildman–Crippen MR) is 95.3 cm³/mol. The van der Waals surface area contributed by atoms with Crippen molar-refractivity contribution < 1.29 is 13.9 Å². The number of carbonyl (C=O) groups is 1. The third-order valence-electron chi connectivity index (χ3n) is 3.51. The van der Waals surface area contributed by atoms with Crippen LogP contribution >= 0.6 is 0 Å². The topological polar surface area (TPSA) is 39.2 Å². The molecule has 0 saturated carbocycles. The quantitative estimate of drug-likeness (QED) is 0.508. The van der Waals surface area contributed by atoms with Gasteiger partial charge in [0.15, 0.2) is 0 Å². The van der Waals surface area contributed by atoms with Gasteiger partial charge in [0.1, 0.15) is 11.6 Å². The Bertz CT molecular complexity index is 857. The number of pyridine rings is 1. The molecular weight excluding hydrogens is 317 g/mol. The number of halogens is 1. The number of hydrogen-bond donors (Lipinski definition) is 0. The molecule has 3 nitrogen and oxygen atoms in total. The Hall–Kier alpha value is -3.27. The van der Waals surface area contributed by atoms with Gasteiger partial charge in [-0.15, -0.1) is 0 Å². The minimum Gasteiger partial charge on any atom is -0.426 e. The van der Waals surface area contributed by atoms with Gasteiger partial charge in [0, 0.05) is 6.20 Å². The van der Waals surface area contributed by atoms with E-state index in [9.17, 15) is 9.18 Å². The predicted octanol–water partition coefficient (Wildman–Crippen LogP) is 4.54. The van der Waals surface area contributed by atoms with Gasteiger partial charge in [0.05, 0.1) is 12.1 Å². The van der Waals surface area contributed by atoms with Crippen LogP contribution in [0.4, 0.5) is 4.39 Å². The number of esters is 1. The zero-order chi connectivity index (χ0) is 17.5. The Labute approximate surface area is 145 Å². The van der Waals surface area contributed by atoms with Crippen molar-refractivity contribution >= 4 is 18.1 Å². The Morgan fingerprint density at radius 2 is 1.72 bits per heavy atom. The van der Waals surface area contributed by atoms with Crippen LogP contribution < -0.4 is 4.74 Å². The molecule has 0 amide bonds. The van der Waals surface area contributed by atoms with Crippen LogP contribution in [0.3, 0.4) is 0 Å². The molecule has 0 unspecified atom stereocenters. The molecule has 0 fully saturated rings. The number of benzene rings is 2. The van der Waals surface area contributed by atoms with Crippen molar-refractivity contribution in [3.63, 3.8) is 0 Å². The summed E-state index contributed by atoms with van der Waals surface area (Å²) in [6, 6.07) is 18.7. The highest BCUT2D eigenvalue weighted by Crippen LogP contribution is 2.15. The van der Waals surface area contributed by atoms with Gasteiger partial charge in [0.25, 0.3) is 0 Å². The minimum absolute atomic E-state index is 0.0988. The Balaban J connectivity index is 1.57. The van der Waals surface area contributed by atoms with E-state index in [-0.39, 0.29) is 18.2 Å². The van der Waals surface area contributed by atoms with Crippen LogP contribution in [0.1, 0.15) is 16.8 Å². The SMILES string of the molecule is O=C(Cc1ccc(F)cc1)Oc1ccc(/C=C/c2ccccn2)cc1. The van der Waals surface area contributed by atoms with Gasteiger partial charge in [-0.05, 0) is 53.6 Å². The van der Waals surface area contributed by atoms with Crippen molar-refractivity contribution in [1.29, 1.82) is 0 Å². The molecule has 25 heavy (non-hydrogen) atoms. The first kappa shape index (κ1) is 16.6. The molecule has 0 N–H and O–H groups in total. The summed E-state index contributed by atoms with van der Waals surface area (Å²) in [6.07, 6.45) is 5.69. The standard InChI is InChI=1S/C21H16FNO2/c22-18-9-4-17(5-10-18)15-21(24)25-20-12-7-16(8-13-20)6-11-19-3-1-2-14-23-19/h1-14H,15H2/b11-6+. The lowest BCUT2D eigenvalue weighted by Crippen LogP contribution is -2.11. The van der Waals surface area contributed by atoms with Gasteiger partial charge >= 0.3 is 5.97 Å². The van der Waals surface area contributed by atoms with E-state index in [4.69, 9.17) is 4.74 Å². The molecule has 4 heteroatoms. The highest BCUT2D eigenvalue weighted by atomic mass is 19.1. The summed E-state index contributed by atoms with van der Waals surface area (Å²) in [6.45, 7) is 0. The van der Waals surface area contributed by atoms with Crippen LogP contribution in [0.15, 0.2) is 72.9 Å². The summed E-state index contributed by atoms with van der Waals surface area (Å²) in [5.74, 6) is -0.239. The van der Waals surface area contributed by atoms with Gasteiger partial charge < -0.3 is 4.74 Å². The molecule has 3 aromatic rings. The Morgan fingerprint density at radius 3 is 2.40 bits per heavy atom. The zero-order valence-electron chi connectivity index (χ0n) is 13.4. The summed E-state index contributed by atoms with van der Waals surface area (Å²) in [5, 5.41) is 0. The summed E-state index contributed by atoms with van der Waals surface area (Å²) in [4.78, 5) is 16.1. The van der Waals surface area contributed by atoms with Crippen LogP contribution in [-0.4, -0.2) is 11.0 Å². The van der Waals surface area contributed by atoms with Crippen LogP contribution in [-0.2, 0) is 11.2 Å². The number of carbonyl (C=O) groups excluding carboxylic acids is 1. The second-order valence-corrected chi connectivity index (χ2v) is 5.43. The van der Waals surface area contributed by atoms with Crippen molar-refractivity contribution in [2.45, 2.75) is 6.42 Å². The summed E-state index contributed by atoms with van der Waals surface area (Å²) in [7, 11) is 0. The first-order valence-electron chi connectivity index (χ1n) is 7.83. The molecular formula is C21H16FNO2. The number of aromatic nitrogens is 1. The Morgan fingerprint density at radius 1 is 0.960 bits per heavy atom. The first-order valence-corrected chi connectivity index (χ1v) is 7.83. The third-order valence-corrected chi connectivity index (χ3v) is 3.51. The molecule has 0 aliphatic rings. The highest BCUT2D eigenvalue weighted by molar-refractivity contribution is 5.75. The van der Waals surface area contributed by atoms with Crippen molar-refractivity contribution in [3.05, 3.63) is 95.6 Å². The van der Waals surface area contributed by atoms with Gasteiger partial charge in [0.2, 0.25) is 0 Å². The van der Waals surface area contributed by atoms with Crippen LogP contribution in [0.5, 0.6) is 5.75 Å². The van der Waals surface area contributed by atoms with Crippen molar-refractivity contribution in [1.82, 2.24) is 4.98 Å². The summed E-state index contributed by atoms with van der Waals surface area (Å²) in [5.41, 5.74) is 2.56. The monoisotopic (exact) mass is 333 g/mol. The lowest BCUT2D eigenvalue weighted by Gasteiger charge is -2.05. The van der Waals surface area contributed by atoms with Crippen LogP contribution in [0.25, 0.3) is 12.2 Å². The van der Waals surface area contributed by atoms with E-state index in [0.717, 1.165) is 11.3 Å². The number of nitrogens with zero attached hydrogens (tertiary/aromatic N) is 1. The van der Waals surface area contributed by atoms with E-state index in [1.54, 1.807) is 30.5 Å². The molecule has 2 aromatic carbocycles. The second kappa shape index (κ2) is 8.02. The van der Waals surface area contributed by atoms with Gasteiger partial charge in [-0.3, -0.25) is 9.78 Å². The van der Waals surface area contributed by atoms with E-state index >= 15 is 0 Å². The molecule has 1 aromatic heterocycles. The number of hydrogen-bond acceptors (Lipinski definition) is 3. The van der Waals surface area contributed by atoms with Gasteiger partial charge in [-0.2, -0.15) is 0 Å². The van der Waals surface area contributed by atoms with Crippen LogP contribution in [0.2, 0.25) is 0 Å². The maximum absolute atomic E-state index is 12.9. The molecule has 0 atom stereocenters. The molecule has 124 valence electrons. The van der Waals surface area contributed by atoms with Gasteiger partial charge in [-0.25, -0.2) is 4.39 Å². The summed E-state index contributed by atoms with van der Waals surface area (Å²) < 4.78 is 18.2. The van der Waals surface area contributed by atoms with E-state index in [1.165, 1.54) is 12.1 Å². The molecule has 0 aliphatic carbocycles. The summed E-state index contributed by atoms with van der Waals surface area (Å²) >= 11 is 0. The van der Waals surface area contributed by atoms with Crippen molar-refractivity contribution in [2.75, 3.05) is 0 Å². The minimum atomic E-state index is -0.386. The van der Waals surface area contributed by atoms with Crippen LogP contribution in [0, 0.1) is 5.82 Å². The van der Waals surface area contributed by atoms with E-state index < -0.39 is 0 Å². The third kappa shape index (κ3) is 5.11. The average Bonchev–Trinajstić information content (AvgIpc) is 2.64. The molecule has 0 spiro atoms. The lowest BCUT2D eigenvalue weighted by atomic mass is 10.1. The largest absolute Gasteiger partial charge is 0.426 e. The smallest absolute Gasteiger partial charge is 0.315 e.